The minimum Gasteiger partial charge on any atom is -0.319 e. The van der Waals surface area contributed by atoms with Gasteiger partial charge in [-0.05, 0) is 44.2 Å². The lowest BCUT2D eigenvalue weighted by Gasteiger charge is -2.31. The van der Waals surface area contributed by atoms with Crippen LogP contribution in [0.2, 0.25) is 0 Å². The first-order valence-electron chi connectivity index (χ1n) is 5.38. The fourth-order valence-corrected chi connectivity index (χ4v) is 2.41. The van der Waals surface area contributed by atoms with E-state index in [-0.39, 0.29) is 0 Å². The molecule has 1 aliphatic carbocycles. The molecule has 0 spiro atoms. The van der Waals surface area contributed by atoms with Crippen molar-refractivity contribution >= 4 is 0 Å². The molecule has 1 fully saturated rings. The van der Waals surface area contributed by atoms with Gasteiger partial charge in [-0.1, -0.05) is 26.7 Å². The summed E-state index contributed by atoms with van der Waals surface area (Å²) in [5.41, 5.74) is 0. The first kappa shape index (κ1) is 10.0. The van der Waals surface area contributed by atoms with Crippen LogP contribution >= 0.6 is 0 Å². The van der Waals surface area contributed by atoms with Gasteiger partial charge in [-0.25, -0.2) is 0 Å². The molecule has 0 heterocycles. The summed E-state index contributed by atoms with van der Waals surface area (Å²) in [6, 6.07) is 0. The maximum atomic E-state index is 3.30. The van der Waals surface area contributed by atoms with Gasteiger partial charge in [0.25, 0.3) is 0 Å². The molecule has 1 rings (SSSR count). The van der Waals surface area contributed by atoms with Crippen molar-refractivity contribution in [2.75, 3.05) is 13.6 Å². The van der Waals surface area contributed by atoms with Gasteiger partial charge in [-0.3, -0.25) is 0 Å². The summed E-state index contributed by atoms with van der Waals surface area (Å²) in [7, 11) is 2.07. The molecule has 2 unspecified atom stereocenters. The van der Waals surface area contributed by atoms with Crippen LogP contribution in [0, 0.1) is 17.8 Å². The standard InChI is InChI=1S/C11H23N/c1-9(2)11-6-4-5-10(7-11)8-12-3/h9-12H,4-8H2,1-3H3. The molecule has 1 saturated carbocycles. The lowest BCUT2D eigenvalue weighted by atomic mass is 9.76. The second kappa shape index (κ2) is 4.86. The molecule has 0 aromatic rings. The molecule has 0 radical (unpaired) electrons. The van der Waals surface area contributed by atoms with E-state index in [4.69, 9.17) is 0 Å². The fraction of sp³-hybridized carbons (Fsp3) is 1.00. The summed E-state index contributed by atoms with van der Waals surface area (Å²) >= 11 is 0. The monoisotopic (exact) mass is 169 g/mol. The molecular formula is C11H23N. The molecule has 0 bridgehead atoms. The van der Waals surface area contributed by atoms with Crippen LogP contribution in [-0.2, 0) is 0 Å². The fourth-order valence-electron chi connectivity index (χ4n) is 2.41. The first-order chi connectivity index (χ1) is 5.74. The van der Waals surface area contributed by atoms with Crippen molar-refractivity contribution in [2.45, 2.75) is 39.5 Å². The van der Waals surface area contributed by atoms with Gasteiger partial charge in [0, 0.05) is 0 Å². The second-order valence-electron chi connectivity index (χ2n) is 4.59. The minimum atomic E-state index is 0.893. The van der Waals surface area contributed by atoms with Crippen LogP contribution in [0.15, 0.2) is 0 Å². The molecule has 72 valence electrons. The highest BCUT2D eigenvalue weighted by Gasteiger charge is 2.23. The van der Waals surface area contributed by atoms with Crippen molar-refractivity contribution in [3.8, 4) is 0 Å². The van der Waals surface area contributed by atoms with E-state index < -0.39 is 0 Å². The van der Waals surface area contributed by atoms with E-state index in [1.165, 1.54) is 32.2 Å². The summed E-state index contributed by atoms with van der Waals surface area (Å²) in [6.45, 7) is 5.96. The van der Waals surface area contributed by atoms with Gasteiger partial charge in [-0.15, -0.1) is 0 Å². The molecule has 2 atom stereocenters. The minimum absolute atomic E-state index is 0.893. The topological polar surface area (TPSA) is 12.0 Å². The van der Waals surface area contributed by atoms with Crippen molar-refractivity contribution in [1.29, 1.82) is 0 Å². The normalized spacial score (nSPS) is 31.0. The summed E-state index contributed by atoms with van der Waals surface area (Å²) in [6.07, 6.45) is 5.83. The smallest absolute Gasteiger partial charge is 0.00234 e. The molecule has 1 heteroatoms. The summed E-state index contributed by atoms with van der Waals surface area (Å²) in [4.78, 5) is 0. The highest BCUT2D eigenvalue weighted by molar-refractivity contribution is 4.75. The average molecular weight is 169 g/mol. The zero-order chi connectivity index (χ0) is 8.97. The molecular weight excluding hydrogens is 146 g/mol. The van der Waals surface area contributed by atoms with Gasteiger partial charge < -0.3 is 5.32 Å². The molecule has 1 aliphatic rings. The predicted molar refractivity (Wildman–Crippen MR) is 54.2 cm³/mol. The highest BCUT2D eigenvalue weighted by Crippen LogP contribution is 2.33. The SMILES string of the molecule is CNCC1CCCC(C(C)C)C1. The maximum absolute atomic E-state index is 3.30. The van der Waals surface area contributed by atoms with Crippen LogP contribution in [0.25, 0.3) is 0 Å². The van der Waals surface area contributed by atoms with Crippen LogP contribution < -0.4 is 5.32 Å². The Balaban J connectivity index is 2.30. The van der Waals surface area contributed by atoms with E-state index >= 15 is 0 Å². The van der Waals surface area contributed by atoms with Crippen molar-refractivity contribution in [1.82, 2.24) is 5.32 Å². The molecule has 0 amide bonds. The van der Waals surface area contributed by atoms with Crippen molar-refractivity contribution in [3.05, 3.63) is 0 Å². The van der Waals surface area contributed by atoms with Crippen LogP contribution in [0.4, 0.5) is 0 Å². The van der Waals surface area contributed by atoms with Crippen molar-refractivity contribution in [2.24, 2.45) is 17.8 Å². The van der Waals surface area contributed by atoms with Crippen LogP contribution in [0.1, 0.15) is 39.5 Å². The van der Waals surface area contributed by atoms with Crippen molar-refractivity contribution in [3.63, 3.8) is 0 Å². The Hall–Kier alpha value is -0.0400. The molecule has 1 N–H and O–H groups in total. The first-order valence-corrected chi connectivity index (χ1v) is 5.38. The van der Waals surface area contributed by atoms with Gasteiger partial charge in [0.05, 0.1) is 0 Å². The molecule has 1 nitrogen and oxygen atoms in total. The Morgan fingerprint density at radius 1 is 1.33 bits per heavy atom. The Morgan fingerprint density at radius 2 is 2.08 bits per heavy atom. The molecule has 0 aromatic heterocycles. The Morgan fingerprint density at radius 3 is 2.67 bits per heavy atom. The number of rotatable bonds is 3. The lowest BCUT2D eigenvalue weighted by Crippen LogP contribution is -2.26. The summed E-state index contributed by atoms with van der Waals surface area (Å²) in [5, 5.41) is 3.30. The lowest BCUT2D eigenvalue weighted by molar-refractivity contribution is 0.213. The van der Waals surface area contributed by atoms with Crippen LogP contribution in [0.5, 0.6) is 0 Å². The number of nitrogens with one attached hydrogen (secondary N) is 1. The third kappa shape index (κ3) is 2.78. The molecule has 0 saturated heterocycles. The quantitative estimate of drug-likeness (QED) is 0.685. The molecule has 12 heavy (non-hydrogen) atoms. The van der Waals surface area contributed by atoms with Gasteiger partial charge in [0.2, 0.25) is 0 Å². The van der Waals surface area contributed by atoms with E-state index in [0.29, 0.717) is 0 Å². The zero-order valence-corrected chi connectivity index (χ0v) is 8.77. The van der Waals surface area contributed by atoms with Gasteiger partial charge >= 0.3 is 0 Å². The second-order valence-corrected chi connectivity index (χ2v) is 4.59. The molecule has 0 aliphatic heterocycles. The Kier molecular flexibility index (Phi) is 4.07. The maximum Gasteiger partial charge on any atom is -0.00234 e. The number of hydrogen-bond donors (Lipinski definition) is 1. The van der Waals surface area contributed by atoms with Gasteiger partial charge in [-0.2, -0.15) is 0 Å². The van der Waals surface area contributed by atoms with E-state index in [0.717, 1.165) is 17.8 Å². The Bertz CT molecular complexity index is 118. The van der Waals surface area contributed by atoms with Gasteiger partial charge in [0.15, 0.2) is 0 Å². The summed E-state index contributed by atoms with van der Waals surface area (Å²) < 4.78 is 0. The van der Waals surface area contributed by atoms with Gasteiger partial charge in [0.1, 0.15) is 0 Å². The van der Waals surface area contributed by atoms with E-state index in [2.05, 4.69) is 26.2 Å². The average Bonchev–Trinajstić information content (AvgIpc) is 2.05. The Labute approximate surface area is 76.9 Å². The third-order valence-corrected chi connectivity index (χ3v) is 3.26. The van der Waals surface area contributed by atoms with E-state index in [1.807, 2.05) is 0 Å². The third-order valence-electron chi connectivity index (χ3n) is 3.26. The summed E-state index contributed by atoms with van der Waals surface area (Å²) in [5.74, 6) is 2.85. The zero-order valence-electron chi connectivity index (χ0n) is 8.77. The van der Waals surface area contributed by atoms with Crippen LogP contribution in [-0.4, -0.2) is 13.6 Å². The number of hydrogen-bond acceptors (Lipinski definition) is 1. The largest absolute Gasteiger partial charge is 0.319 e. The van der Waals surface area contributed by atoms with E-state index in [1.54, 1.807) is 0 Å². The predicted octanol–water partition coefficient (Wildman–Crippen LogP) is 2.67. The van der Waals surface area contributed by atoms with E-state index in [9.17, 15) is 0 Å². The van der Waals surface area contributed by atoms with Crippen LogP contribution in [0.3, 0.4) is 0 Å². The molecule has 0 aromatic carbocycles. The van der Waals surface area contributed by atoms with Crippen molar-refractivity contribution < 1.29 is 0 Å². The highest BCUT2D eigenvalue weighted by atomic mass is 14.8.